The summed E-state index contributed by atoms with van der Waals surface area (Å²) in [5.74, 6) is -2.38. The number of benzene rings is 1. The molecule has 5 heteroatoms. The van der Waals surface area contributed by atoms with Gasteiger partial charge in [-0.05, 0) is 19.1 Å². The van der Waals surface area contributed by atoms with Crippen molar-refractivity contribution in [1.29, 1.82) is 0 Å². The summed E-state index contributed by atoms with van der Waals surface area (Å²) in [6.45, 7) is 2.31. The van der Waals surface area contributed by atoms with E-state index in [4.69, 9.17) is 4.74 Å². The first-order valence-electron chi connectivity index (χ1n) is 4.86. The van der Waals surface area contributed by atoms with Crippen LogP contribution in [0.5, 0.6) is 0 Å². The van der Waals surface area contributed by atoms with Gasteiger partial charge in [0.2, 0.25) is 5.91 Å². The quantitative estimate of drug-likeness (QED) is 0.838. The molecule has 0 atom stereocenters. The highest BCUT2D eigenvalue weighted by molar-refractivity contribution is 5.95. The van der Waals surface area contributed by atoms with Crippen LogP contribution in [0.15, 0.2) is 18.2 Å². The zero-order chi connectivity index (χ0) is 11.8. The summed E-state index contributed by atoms with van der Waals surface area (Å²) in [6.07, 6.45) is 0. The maximum atomic E-state index is 13.3. The normalized spacial score (nSPS) is 17.7. The first kappa shape index (κ1) is 11.0. The van der Waals surface area contributed by atoms with Gasteiger partial charge in [-0.1, -0.05) is 6.07 Å². The molecule has 0 saturated carbocycles. The number of rotatable bonds is 2. The van der Waals surface area contributed by atoms with Crippen LogP contribution in [0.2, 0.25) is 0 Å². The van der Waals surface area contributed by atoms with Crippen LogP contribution in [-0.2, 0) is 9.53 Å². The lowest BCUT2D eigenvalue weighted by molar-refractivity contribution is -0.151. The molecule has 1 aliphatic rings. The Morgan fingerprint density at radius 1 is 1.44 bits per heavy atom. The molecule has 1 aromatic rings. The molecular weight excluding hydrogens is 216 g/mol. The third-order valence-electron chi connectivity index (χ3n) is 2.59. The summed E-state index contributed by atoms with van der Waals surface area (Å²) in [5.41, 5.74) is -0.781. The van der Waals surface area contributed by atoms with Gasteiger partial charge in [-0.15, -0.1) is 0 Å². The number of hydrogen-bond donors (Lipinski definition) is 1. The highest BCUT2D eigenvalue weighted by Crippen LogP contribution is 2.28. The minimum atomic E-state index is -1.04. The summed E-state index contributed by atoms with van der Waals surface area (Å²) in [4.78, 5) is 11.7. The molecule has 1 fully saturated rings. The van der Waals surface area contributed by atoms with Crippen LogP contribution in [0.4, 0.5) is 14.5 Å². The number of amides is 1. The van der Waals surface area contributed by atoms with Gasteiger partial charge in [0, 0.05) is 0 Å². The van der Waals surface area contributed by atoms with Crippen molar-refractivity contribution in [3.05, 3.63) is 29.8 Å². The van der Waals surface area contributed by atoms with Crippen molar-refractivity contribution < 1.29 is 18.3 Å². The Bertz CT molecular complexity index is 430. The summed E-state index contributed by atoms with van der Waals surface area (Å²) in [5, 5.41) is 2.36. The summed E-state index contributed by atoms with van der Waals surface area (Å²) in [6, 6.07) is 3.66. The lowest BCUT2D eigenvalue weighted by Gasteiger charge is -2.36. The number of ether oxygens (including phenoxy) is 1. The average molecular weight is 227 g/mol. The van der Waals surface area contributed by atoms with Crippen molar-refractivity contribution in [3.8, 4) is 0 Å². The van der Waals surface area contributed by atoms with Gasteiger partial charge in [0.15, 0.2) is 11.6 Å². The fourth-order valence-corrected chi connectivity index (χ4v) is 1.41. The Kier molecular flexibility index (Phi) is 2.63. The van der Waals surface area contributed by atoms with E-state index in [1.807, 2.05) is 0 Å². The molecule has 2 rings (SSSR count). The van der Waals surface area contributed by atoms with E-state index in [1.165, 1.54) is 12.1 Å². The lowest BCUT2D eigenvalue weighted by Crippen LogP contribution is -2.49. The molecule has 1 aliphatic heterocycles. The Labute approximate surface area is 91.4 Å². The van der Waals surface area contributed by atoms with Gasteiger partial charge in [-0.2, -0.15) is 0 Å². The van der Waals surface area contributed by atoms with Gasteiger partial charge in [0.25, 0.3) is 0 Å². The fourth-order valence-electron chi connectivity index (χ4n) is 1.41. The molecule has 1 N–H and O–H groups in total. The largest absolute Gasteiger partial charge is 0.379 e. The van der Waals surface area contributed by atoms with Crippen LogP contribution in [-0.4, -0.2) is 19.1 Å². The summed E-state index contributed by atoms with van der Waals surface area (Å²) >= 11 is 0. The van der Waals surface area contributed by atoms with Crippen LogP contribution in [0.3, 0.4) is 0 Å². The van der Waals surface area contributed by atoms with Crippen molar-refractivity contribution in [2.75, 3.05) is 18.5 Å². The molecule has 1 saturated heterocycles. The molecule has 86 valence electrons. The predicted molar refractivity (Wildman–Crippen MR) is 53.9 cm³/mol. The summed E-state index contributed by atoms with van der Waals surface area (Å²) < 4.78 is 31.0. The fraction of sp³-hybridized carbons (Fsp3) is 0.364. The molecule has 0 spiro atoms. The van der Waals surface area contributed by atoms with Gasteiger partial charge in [0.1, 0.15) is 0 Å². The van der Waals surface area contributed by atoms with E-state index >= 15 is 0 Å². The summed E-state index contributed by atoms with van der Waals surface area (Å²) in [7, 11) is 0. The molecule has 1 amide bonds. The van der Waals surface area contributed by atoms with Crippen LogP contribution < -0.4 is 5.32 Å². The first-order valence-corrected chi connectivity index (χ1v) is 4.86. The van der Waals surface area contributed by atoms with E-state index in [-0.39, 0.29) is 11.6 Å². The smallest absolute Gasteiger partial charge is 0.235 e. The molecule has 1 heterocycles. The topological polar surface area (TPSA) is 38.3 Å². The standard InChI is InChI=1S/C11H11F2NO2/c1-11(5-16-6-11)10(15)14-8-4-2-3-7(12)9(8)13/h2-4H,5-6H2,1H3,(H,14,15). The third kappa shape index (κ3) is 1.78. The zero-order valence-corrected chi connectivity index (χ0v) is 8.72. The molecule has 0 aliphatic carbocycles. The first-order chi connectivity index (χ1) is 7.53. The zero-order valence-electron chi connectivity index (χ0n) is 8.72. The Hall–Kier alpha value is -1.49. The van der Waals surface area contributed by atoms with Crippen LogP contribution in [0.1, 0.15) is 6.92 Å². The third-order valence-corrected chi connectivity index (χ3v) is 2.59. The highest BCUT2D eigenvalue weighted by atomic mass is 19.2. The second-order valence-electron chi connectivity index (χ2n) is 4.11. The van der Waals surface area contributed by atoms with Gasteiger partial charge in [0.05, 0.1) is 24.3 Å². The van der Waals surface area contributed by atoms with Crippen molar-refractivity contribution in [2.45, 2.75) is 6.92 Å². The van der Waals surface area contributed by atoms with E-state index in [0.29, 0.717) is 13.2 Å². The molecule has 0 bridgehead atoms. The number of hydrogen-bond acceptors (Lipinski definition) is 2. The number of nitrogens with one attached hydrogen (secondary N) is 1. The number of halogens is 2. The molecule has 1 aromatic carbocycles. The predicted octanol–water partition coefficient (Wildman–Crippen LogP) is 1.94. The second kappa shape index (κ2) is 3.83. The van der Waals surface area contributed by atoms with Gasteiger partial charge in [-0.3, -0.25) is 4.79 Å². The SMILES string of the molecule is CC1(C(=O)Nc2cccc(F)c2F)COC1. The van der Waals surface area contributed by atoms with Crippen LogP contribution in [0, 0.1) is 17.0 Å². The van der Waals surface area contributed by atoms with Gasteiger partial charge < -0.3 is 10.1 Å². The minimum Gasteiger partial charge on any atom is -0.379 e. The highest BCUT2D eigenvalue weighted by Gasteiger charge is 2.41. The lowest BCUT2D eigenvalue weighted by atomic mass is 9.87. The molecule has 0 aromatic heterocycles. The molecular formula is C11H11F2NO2. The Morgan fingerprint density at radius 3 is 2.69 bits per heavy atom. The van der Waals surface area contributed by atoms with E-state index in [1.54, 1.807) is 6.92 Å². The van der Waals surface area contributed by atoms with Crippen LogP contribution >= 0.6 is 0 Å². The molecule has 0 radical (unpaired) electrons. The van der Waals surface area contributed by atoms with E-state index in [2.05, 4.69) is 5.32 Å². The molecule has 3 nitrogen and oxygen atoms in total. The van der Waals surface area contributed by atoms with Crippen molar-refractivity contribution in [2.24, 2.45) is 5.41 Å². The number of carbonyl (C=O) groups excluding carboxylic acids is 1. The van der Waals surface area contributed by atoms with Crippen molar-refractivity contribution in [1.82, 2.24) is 0 Å². The van der Waals surface area contributed by atoms with Gasteiger partial charge >= 0.3 is 0 Å². The Morgan fingerprint density at radius 2 is 2.12 bits per heavy atom. The van der Waals surface area contributed by atoms with E-state index in [9.17, 15) is 13.6 Å². The maximum Gasteiger partial charge on any atom is 0.235 e. The van der Waals surface area contributed by atoms with Gasteiger partial charge in [-0.25, -0.2) is 8.78 Å². The van der Waals surface area contributed by atoms with E-state index < -0.39 is 17.0 Å². The maximum absolute atomic E-state index is 13.3. The van der Waals surface area contributed by atoms with Crippen molar-refractivity contribution >= 4 is 11.6 Å². The molecule has 0 unspecified atom stereocenters. The van der Waals surface area contributed by atoms with Crippen LogP contribution in [0.25, 0.3) is 0 Å². The molecule has 16 heavy (non-hydrogen) atoms. The van der Waals surface area contributed by atoms with E-state index in [0.717, 1.165) is 6.07 Å². The minimum absolute atomic E-state index is 0.141. The number of carbonyl (C=O) groups is 1. The van der Waals surface area contributed by atoms with Crippen molar-refractivity contribution in [3.63, 3.8) is 0 Å². The number of anilines is 1. The monoisotopic (exact) mass is 227 g/mol. The average Bonchev–Trinajstić information content (AvgIpc) is 2.21. The Balaban J connectivity index is 2.15. The second-order valence-corrected chi connectivity index (χ2v) is 4.11.